The monoisotopic (exact) mass is 327 g/mol. The van der Waals surface area contributed by atoms with Crippen molar-refractivity contribution in [2.75, 3.05) is 0 Å². The van der Waals surface area contributed by atoms with Gasteiger partial charge in [0.25, 0.3) is 0 Å². The Morgan fingerprint density at radius 1 is 1.35 bits per heavy atom. The molecule has 0 spiro atoms. The lowest BCUT2D eigenvalue weighted by atomic mass is 10.2. The highest BCUT2D eigenvalue weighted by Crippen LogP contribution is 2.31. The normalized spacial score (nSPS) is 10.6. The number of carboxylic acids is 1. The average Bonchev–Trinajstić information content (AvgIpc) is 2.37. The fourth-order valence-electron chi connectivity index (χ4n) is 1.63. The summed E-state index contributed by atoms with van der Waals surface area (Å²) in [6.07, 6.45) is 0. The van der Waals surface area contributed by atoms with Crippen LogP contribution in [0.5, 0.6) is 0 Å². The van der Waals surface area contributed by atoms with Crippen molar-refractivity contribution in [3.05, 3.63) is 57.3 Å². The van der Waals surface area contributed by atoms with Gasteiger partial charge in [0.05, 0.1) is 5.56 Å². The fraction of sp³-hybridized carbons (Fsp3) is 0.143. The van der Waals surface area contributed by atoms with E-state index in [1.807, 2.05) is 13.0 Å². The second-order valence-corrected chi connectivity index (χ2v) is 5.95. The first-order valence-corrected chi connectivity index (χ1v) is 7.49. The summed E-state index contributed by atoms with van der Waals surface area (Å²) in [5.41, 5.74) is 1.78. The Morgan fingerprint density at radius 2 is 2.10 bits per heavy atom. The van der Waals surface area contributed by atoms with Crippen LogP contribution in [-0.2, 0) is 5.75 Å². The van der Waals surface area contributed by atoms with E-state index in [9.17, 15) is 4.79 Å². The highest BCUT2D eigenvalue weighted by molar-refractivity contribution is 7.98. The molecule has 2 rings (SSSR count). The van der Waals surface area contributed by atoms with E-state index < -0.39 is 5.97 Å². The van der Waals surface area contributed by atoms with Crippen molar-refractivity contribution in [3.8, 4) is 0 Å². The van der Waals surface area contributed by atoms with E-state index in [0.29, 0.717) is 15.9 Å². The Kier molecular flexibility index (Phi) is 4.91. The predicted octanol–water partition coefficient (Wildman–Crippen LogP) is 4.69. The smallest absolute Gasteiger partial charge is 0.335 e. The van der Waals surface area contributed by atoms with Gasteiger partial charge in [0.15, 0.2) is 0 Å². The number of carbonyl (C=O) groups is 1. The number of aromatic carboxylic acids is 1. The number of pyridine rings is 1. The summed E-state index contributed by atoms with van der Waals surface area (Å²) in [4.78, 5) is 15.9. The summed E-state index contributed by atoms with van der Waals surface area (Å²) < 4.78 is 0. The average molecular weight is 328 g/mol. The molecule has 20 heavy (non-hydrogen) atoms. The van der Waals surface area contributed by atoms with Crippen molar-refractivity contribution in [3.63, 3.8) is 0 Å². The lowest BCUT2D eigenvalue weighted by Crippen LogP contribution is -1.95. The van der Waals surface area contributed by atoms with E-state index in [2.05, 4.69) is 4.98 Å². The van der Waals surface area contributed by atoms with Crippen LogP contribution in [0.2, 0.25) is 10.2 Å². The van der Waals surface area contributed by atoms with Crippen LogP contribution in [0.25, 0.3) is 0 Å². The quantitative estimate of drug-likeness (QED) is 0.653. The predicted molar refractivity (Wildman–Crippen MR) is 82.0 cm³/mol. The molecule has 2 aromatic rings. The number of carboxylic acid groups (broad SMARTS) is 1. The Labute approximate surface area is 130 Å². The number of nitrogens with zero attached hydrogens (tertiary/aromatic N) is 1. The number of thioether (sulfide) groups is 1. The summed E-state index contributed by atoms with van der Waals surface area (Å²) in [6, 6.07) is 8.50. The van der Waals surface area contributed by atoms with Gasteiger partial charge < -0.3 is 5.11 Å². The van der Waals surface area contributed by atoms with E-state index in [1.54, 1.807) is 24.3 Å². The molecule has 0 bridgehead atoms. The lowest BCUT2D eigenvalue weighted by molar-refractivity contribution is 0.0696. The Morgan fingerprint density at radius 3 is 2.75 bits per heavy atom. The number of aryl methyl sites for hydroxylation is 1. The zero-order valence-corrected chi connectivity index (χ0v) is 12.9. The van der Waals surface area contributed by atoms with E-state index in [0.717, 1.165) is 16.2 Å². The third kappa shape index (κ3) is 3.66. The maximum Gasteiger partial charge on any atom is 0.335 e. The largest absolute Gasteiger partial charge is 0.478 e. The van der Waals surface area contributed by atoms with Crippen molar-refractivity contribution in [1.29, 1.82) is 0 Å². The minimum Gasteiger partial charge on any atom is -0.478 e. The van der Waals surface area contributed by atoms with E-state index in [1.165, 1.54) is 11.8 Å². The minimum atomic E-state index is -0.944. The first-order chi connectivity index (χ1) is 9.47. The van der Waals surface area contributed by atoms with Gasteiger partial charge in [0.2, 0.25) is 0 Å². The first kappa shape index (κ1) is 15.2. The third-order valence-corrected chi connectivity index (χ3v) is 4.28. The van der Waals surface area contributed by atoms with Crippen LogP contribution in [0, 0.1) is 6.92 Å². The number of rotatable bonds is 4. The Balaban J connectivity index is 2.17. The van der Waals surface area contributed by atoms with Crippen LogP contribution in [0.15, 0.2) is 35.2 Å². The number of aromatic nitrogens is 1. The standard InChI is InChI=1S/C14H11Cl2NO2S/c1-8-5-12(15)11(13(16)17-8)7-20-10-4-2-3-9(6-10)14(18)19/h2-6H,7H2,1H3,(H,18,19). The highest BCUT2D eigenvalue weighted by atomic mass is 35.5. The maximum atomic E-state index is 10.9. The van der Waals surface area contributed by atoms with Gasteiger partial charge >= 0.3 is 5.97 Å². The Bertz CT molecular complexity index is 638. The molecule has 1 aromatic heterocycles. The van der Waals surface area contributed by atoms with Gasteiger partial charge in [-0.05, 0) is 31.2 Å². The van der Waals surface area contributed by atoms with Gasteiger partial charge in [0, 0.05) is 26.9 Å². The molecular formula is C14H11Cl2NO2S. The zero-order chi connectivity index (χ0) is 14.7. The van der Waals surface area contributed by atoms with Crippen LogP contribution in [0.3, 0.4) is 0 Å². The lowest BCUT2D eigenvalue weighted by Gasteiger charge is -2.08. The number of benzene rings is 1. The Hall–Kier alpha value is -1.23. The van der Waals surface area contributed by atoms with Gasteiger partial charge in [-0.25, -0.2) is 9.78 Å². The molecule has 3 nitrogen and oxygen atoms in total. The molecule has 0 atom stereocenters. The molecule has 1 N–H and O–H groups in total. The molecule has 6 heteroatoms. The van der Waals surface area contributed by atoms with Crippen molar-refractivity contribution >= 4 is 40.9 Å². The molecule has 0 aliphatic rings. The first-order valence-electron chi connectivity index (χ1n) is 5.75. The van der Waals surface area contributed by atoms with Crippen LogP contribution in [-0.4, -0.2) is 16.1 Å². The third-order valence-electron chi connectivity index (χ3n) is 2.61. The van der Waals surface area contributed by atoms with Crippen LogP contribution >= 0.6 is 35.0 Å². The molecule has 1 aromatic carbocycles. The second kappa shape index (κ2) is 6.48. The van der Waals surface area contributed by atoms with Crippen molar-refractivity contribution < 1.29 is 9.90 Å². The summed E-state index contributed by atoms with van der Waals surface area (Å²) in [5, 5.41) is 9.91. The number of halogens is 2. The van der Waals surface area contributed by atoms with Crippen molar-refractivity contribution in [2.45, 2.75) is 17.6 Å². The van der Waals surface area contributed by atoms with Crippen molar-refractivity contribution in [2.24, 2.45) is 0 Å². The summed E-state index contributed by atoms with van der Waals surface area (Å²) in [7, 11) is 0. The molecular weight excluding hydrogens is 317 g/mol. The number of hydrogen-bond acceptors (Lipinski definition) is 3. The van der Waals surface area contributed by atoms with Crippen LogP contribution in [0.1, 0.15) is 21.6 Å². The van der Waals surface area contributed by atoms with Crippen LogP contribution < -0.4 is 0 Å². The van der Waals surface area contributed by atoms with Gasteiger partial charge in [-0.15, -0.1) is 11.8 Å². The summed E-state index contributed by atoms with van der Waals surface area (Å²) in [6.45, 7) is 1.82. The molecule has 0 unspecified atom stereocenters. The SMILES string of the molecule is Cc1cc(Cl)c(CSc2cccc(C(=O)O)c2)c(Cl)n1. The molecule has 0 aliphatic heterocycles. The second-order valence-electron chi connectivity index (χ2n) is 4.14. The van der Waals surface area contributed by atoms with Crippen molar-refractivity contribution in [1.82, 2.24) is 4.98 Å². The minimum absolute atomic E-state index is 0.259. The molecule has 1 heterocycles. The molecule has 0 fully saturated rings. The molecule has 0 aliphatic carbocycles. The van der Waals surface area contributed by atoms with Gasteiger partial charge in [-0.1, -0.05) is 29.3 Å². The number of hydrogen-bond donors (Lipinski definition) is 1. The van der Waals surface area contributed by atoms with E-state index in [4.69, 9.17) is 28.3 Å². The highest BCUT2D eigenvalue weighted by Gasteiger charge is 2.10. The topological polar surface area (TPSA) is 50.2 Å². The summed E-state index contributed by atoms with van der Waals surface area (Å²) in [5.74, 6) is -0.408. The van der Waals surface area contributed by atoms with Gasteiger partial charge in [-0.3, -0.25) is 0 Å². The van der Waals surface area contributed by atoms with Gasteiger partial charge in [-0.2, -0.15) is 0 Å². The molecule has 104 valence electrons. The molecule has 0 saturated carbocycles. The van der Waals surface area contributed by atoms with E-state index >= 15 is 0 Å². The zero-order valence-electron chi connectivity index (χ0n) is 10.6. The van der Waals surface area contributed by atoms with Gasteiger partial charge in [0.1, 0.15) is 5.15 Å². The molecule has 0 radical (unpaired) electrons. The fourth-order valence-corrected chi connectivity index (χ4v) is 3.44. The van der Waals surface area contributed by atoms with Crippen LogP contribution in [0.4, 0.5) is 0 Å². The van der Waals surface area contributed by atoms with E-state index in [-0.39, 0.29) is 5.56 Å². The molecule has 0 saturated heterocycles. The summed E-state index contributed by atoms with van der Waals surface area (Å²) >= 11 is 13.7. The molecule has 0 amide bonds. The maximum absolute atomic E-state index is 10.9.